The maximum Gasteiger partial charge on any atom is 0.166 e. The van der Waals surface area contributed by atoms with Gasteiger partial charge < -0.3 is 4.57 Å². The van der Waals surface area contributed by atoms with Gasteiger partial charge in [-0.3, -0.25) is 4.79 Å². The van der Waals surface area contributed by atoms with Crippen molar-refractivity contribution >= 4 is 17.9 Å². The van der Waals surface area contributed by atoms with Gasteiger partial charge in [0.15, 0.2) is 6.29 Å². The summed E-state index contributed by atoms with van der Waals surface area (Å²) in [4.78, 5) is 10.7. The van der Waals surface area contributed by atoms with Crippen molar-refractivity contribution in [1.82, 2.24) is 4.57 Å². The topological polar surface area (TPSA) is 22.0 Å². The van der Waals surface area contributed by atoms with Gasteiger partial charge in [0.25, 0.3) is 0 Å². The minimum Gasteiger partial charge on any atom is -0.341 e. The van der Waals surface area contributed by atoms with E-state index in [9.17, 15) is 4.79 Å². The Morgan fingerprint density at radius 3 is 2.64 bits per heavy atom. The molecule has 0 aromatic carbocycles. The molecule has 1 aromatic heterocycles. The molecular formula is C12H15NO. The van der Waals surface area contributed by atoms with Crippen molar-refractivity contribution in [3.8, 4) is 0 Å². The number of nitrogens with zero attached hydrogens (tertiary/aromatic N) is 1. The Labute approximate surface area is 84.6 Å². The van der Waals surface area contributed by atoms with Crippen LogP contribution in [0.5, 0.6) is 0 Å². The Hall–Kier alpha value is -1.57. The zero-order valence-electron chi connectivity index (χ0n) is 8.87. The molecule has 0 saturated heterocycles. The number of carbonyl (C=O) groups excluding carboxylic acids is 1. The number of rotatable bonds is 3. The van der Waals surface area contributed by atoms with Crippen LogP contribution in [-0.4, -0.2) is 10.9 Å². The van der Waals surface area contributed by atoms with Gasteiger partial charge in [-0.05, 0) is 25.5 Å². The first-order chi connectivity index (χ1) is 6.61. The molecule has 1 aromatic rings. The molecule has 0 aliphatic rings. The summed E-state index contributed by atoms with van der Waals surface area (Å²) >= 11 is 0. The van der Waals surface area contributed by atoms with Gasteiger partial charge in [0.05, 0.1) is 11.4 Å². The van der Waals surface area contributed by atoms with Crippen molar-refractivity contribution in [1.29, 1.82) is 0 Å². The highest BCUT2D eigenvalue weighted by Gasteiger charge is 2.09. The lowest BCUT2D eigenvalue weighted by atomic mass is 10.1. The number of aldehydes is 1. The third-order valence-electron chi connectivity index (χ3n) is 2.17. The molecule has 74 valence electrons. The zero-order valence-corrected chi connectivity index (χ0v) is 8.87. The first-order valence-corrected chi connectivity index (χ1v) is 4.55. The number of carbonyl (C=O) groups is 1. The summed E-state index contributed by atoms with van der Waals surface area (Å²) in [5, 5.41) is 0. The summed E-state index contributed by atoms with van der Waals surface area (Å²) in [6.07, 6.45) is 4.80. The summed E-state index contributed by atoms with van der Waals surface area (Å²) in [7, 11) is 1.88. The standard InChI is InChI=1S/C12H15NO/c1-5-6-10-7-11(8-14)13(4)12(10)9(2)3/h5-8H,2H2,1,3-4H3/b6-5-. The predicted molar refractivity (Wildman–Crippen MR) is 60.2 cm³/mol. The van der Waals surface area contributed by atoms with Gasteiger partial charge in [-0.2, -0.15) is 0 Å². The molecule has 0 radical (unpaired) electrons. The van der Waals surface area contributed by atoms with Crippen molar-refractivity contribution in [3.63, 3.8) is 0 Å². The van der Waals surface area contributed by atoms with Crippen molar-refractivity contribution in [2.45, 2.75) is 13.8 Å². The van der Waals surface area contributed by atoms with Crippen LogP contribution in [0.25, 0.3) is 11.6 Å². The van der Waals surface area contributed by atoms with Crippen LogP contribution >= 0.6 is 0 Å². The fraction of sp³-hybridized carbons (Fsp3) is 0.250. The van der Waals surface area contributed by atoms with Gasteiger partial charge in [0.1, 0.15) is 0 Å². The van der Waals surface area contributed by atoms with E-state index in [2.05, 4.69) is 6.58 Å². The summed E-state index contributed by atoms with van der Waals surface area (Å²) in [5.74, 6) is 0. The third-order valence-corrected chi connectivity index (χ3v) is 2.17. The van der Waals surface area contributed by atoms with E-state index in [-0.39, 0.29) is 0 Å². The first kappa shape index (κ1) is 10.5. The molecular weight excluding hydrogens is 174 g/mol. The molecule has 1 heterocycles. The molecule has 0 aliphatic heterocycles. The maximum atomic E-state index is 10.7. The molecule has 2 heteroatoms. The average Bonchev–Trinajstić information content (AvgIpc) is 2.43. The molecule has 0 N–H and O–H groups in total. The molecule has 0 amide bonds. The van der Waals surface area contributed by atoms with Gasteiger partial charge in [0.2, 0.25) is 0 Å². The third kappa shape index (κ3) is 1.69. The van der Waals surface area contributed by atoms with Gasteiger partial charge in [-0.15, -0.1) is 0 Å². The smallest absolute Gasteiger partial charge is 0.166 e. The lowest BCUT2D eigenvalue weighted by molar-refractivity contribution is 0.111. The number of allylic oxidation sites excluding steroid dienone is 2. The Morgan fingerprint density at radius 2 is 2.21 bits per heavy atom. The van der Waals surface area contributed by atoms with Gasteiger partial charge in [0, 0.05) is 12.6 Å². The Balaban J connectivity index is 3.41. The minimum atomic E-state index is 0.677. The van der Waals surface area contributed by atoms with Crippen LogP contribution in [0.4, 0.5) is 0 Å². The van der Waals surface area contributed by atoms with Crippen molar-refractivity contribution in [3.05, 3.63) is 35.7 Å². The largest absolute Gasteiger partial charge is 0.341 e. The lowest BCUT2D eigenvalue weighted by Gasteiger charge is -2.04. The molecule has 0 aliphatic carbocycles. The van der Waals surface area contributed by atoms with Crippen LogP contribution in [0.2, 0.25) is 0 Å². The Kier molecular flexibility index (Phi) is 3.07. The first-order valence-electron chi connectivity index (χ1n) is 4.55. The molecule has 0 spiro atoms. The normalized spacial score (nSPS) is 10.8. The van der Waals surface area contributed by atoms with Crippen LogP contribution in [0.15, 0.2) is 18.7 Å². The van der Waals surface area contributed by atoms with Crippen LogP contribution < -0.4 is 0 Å². The van der Waals surface area contributed by atoms with Gasteiger partial charge >= 0.3 is 0 Å². The van der Waals surface area contributed by atoms with Crippen LogP contribution in [-0.2, 0) is 7.05 Å². The average molecular weight is 189 g/mol. The predicted octanol–water partition coefficient (Wildman–Crippen LogP) is 2.90. The summed E-state index contributed by atoms with van der Waals surface area (Å²) in [6, 6.07) is 1.87. The number of hydrogen-bond donors (Lipinski definition) is 0. The quantitative estimate of drug-likeness (QED) is 0.670. The SMILES string of the molecule is C=C(C)c1c(/C=C\C)cc(C=O)n1C. The number of aromatic nitrogens is 1. The maximum absolute atomic E-state index is 10.7. The highest BCUT2D eigenvalue weighted by atomic mass is 16.1. The molecule has 0 fully saturated rings. The van der Waals surface area contributed by atoms with Crippen molar-refractivity contribution < 1.29 is 4.79 Å². The van der Waals surface area contributed by atoms with E-state index in [1.165, 1.54) is 0 Å². The highest BCUT2D eigenvalue weighted by Crippen LogP contribution is 2.21. The van der Waals surface area contributed by atoms with E-state index >= 15 is 0 Å². The Morgan fingerprint density at radius 1 is 1.57 bits per heavy atom. The fourth-order valence-electron chi connectivity index (χ4n) is 1.60. The van der Waals surface area contributed by atoms with E-state index in [0.717, 1.165) is 23.1 Å². The van der Waals surface area contributed by atoms with Crippen LogP contribution in [0, 0.1) is 0 Å². The molecule has 0 bridgehead atoms. The summed E-state index contributed by atoms with van der Waals surface area (Å²) < 4.78 is 1.87. The van der Waals surface area contributed by atoms with E-state index < -0.39 is 0 Å². The lowest BCUT2D eigenvalue weighted by Crippen LogP contribution is -1.98. The second kappa shape index (κ2) is 4.09. The minimum absolute atomic E-state index is 0.677. The fourth-order valence-corrected chi connectivity index (χ4v) is 1.60. The van der Waals surface area contributed by atoms with E-state index in [1.807, 2.05) is 43.7 Å². The summed E-state index contributed by atoms with van der Waals surface area (Å²) in [6.45, 7) is 7.80. The second-order valence-electron chi connectivity index (χ2n) is 3.33. The van der Waals surface area contributed by atoms with Gasteiger partial charge in [-0.25, -0.2) is 0 Å². The van der Waals surface area contributed by atoms with Crippen LogP contribution in [0.3, 0.4) is 0 Å². The molecule has 1 rings (SSSR count). The molecule has 0 saturated carbocycles. The molecule has 0 atom stereocenters. The highest BCUT2D eigenvalue weighted by molar-refractivity contribution is 5.80. The zero-order chi connectivity index (χ0) is 10.7. The number of hydrogen-bond acceptors (Lipinski definition) is 1. The van der Waals surface area contributed by atoms with E-state index in [1.54, 1.807) is 0 Å². The van der Waals surface area contributed by atoms with Crippen molar-refractivity contribution in [2.24, 2.45) is 7.05 Å². The van der Waals surface area contributed by atoms with Crippen LogP contribution in [0.1, 0.15) is 35.6 Å². The Bertz CT molecular complexity index is 397. The molecule has 2 nitrogen and oxygen atoms in total. The second-order valence-corrected chi connectivity index (χ2v) is 3.33. The van der Waals surface area contributed by atoms with E-state index in [4.69, 9.17) is 0 Å². The van der Waals surface area contributed by atoms with E-state index in [0.29, 0.717) is 5.69 Å². The van der Waals surface area contributed by atoms with Gasteiger partial charge in [-0.1, -0.05) is 18.7 Å². The molecule has 14 heavy (non-hydrogen) atoms. The monoisotopic (exact) mass is 189 g/mol. The molecule has 0 unspecified atom stereocenters. The summed E-state index contributed by atoms with van der Waals surface area (Å²) in [5.41, 5.74) is 3.71. The van der Waals surface area contributed by atoms with Crippen molar-refractivity contribution in [2.75, 3.05) is 0 Å².